The van der Waals surface area contributed by atoms with Crippen LogP contribution in [0.5, 0.6) is 11.5 Å². The van der Waals surface area contributed by atoms with Crippen LogP contribution in [0.3, 0.4) is 0 Å². The Morgan fingerprint density at radius 2 is 2.19 bits per heavy atom. The van der Waals surface area contributed by atoms with E-state index in [1.165, 1.54) is 14.0 Å². The van der Waals surface area contributed by atoms with Crippen molar-refractivity contribution in [3.63, 3.8) is 0 Å². The molecule has 0 aliphatic rings. The molecule has 86 valence electrons. The lowest BCUT2D eigenvalue weighted by Crippen LogP contribution is -2.03. The van der Waals surface area contributed by atoms with E-state index >= 15 is 0 Å². The quantitative estimate of drug-likeness (QED) is 0.619. The fourth-order valence-electron chi connectivity index (χ4n) is 1.23. The van der Waals surface area contributed by atoms with E-state index in [-0.39, 0.29) is 5.97 Å². The largest absolute Gasteiger partial charge is 0.493 e. The summed E-state index contributed by atoms with van der Waals surface area (Å²) < 4.78 is 10.1. The van der Waals surface area contributed by atoms with Gasteiger partial charge in [-0.2, -0.15) is 0 Å². The van der Waals surface area contributed by atoms with Gasteiger partial charge in [-0.15, -0.1) is 0 Å². The highest BCUT2D eigenvalue weighted by molar-refractivity contribution is 5.71. The lowest BCUT2D eigenvalue weighted by atomic mass is 10.2. The third kappa shape index (κ3) is 3.40. The van der Waals surface area contributed by atoms with E-state index in [9.17, 15) is 4.79 Å². The Morgan fingerprint density at radius 3 is 2.75 bits per heavy atom. The van der Waals surface area contributed by atoms with Crippen molar-refractivity contribution in [2.24, 2.45) is 5.73 Å². The van der Waals surface area contributed by atoms with E-state index < -0.39 is 0 Å². The zero-order valence-electron chi connectivity index (χ0n) is 9.40. The summed E-state index contributed by atoms with van der Waals surface area (Å²) in [5, 5.41) is 0. The Hall–Kier alpha value is -1.81. The second-order valence-electron chi connectivity index (χ2n) is 3.14. The second kappa shape index (κ2) is 5.92. The first-order valence-electron chi connectivity index (χ1n) is 4.90. The molecule has 0 radical (unpaired) electrons. The molecule has 0 heterocycles. The molecule has 0 atom stereocenters. The van der Waals surface area contributed by atoms with Gasteiger partial charge in [0.15, 0.2) is 11.5 Å². The summed E-state index contributed by atoms with van der Waals surface area (Å²) in [5.74, 6) is 0.567. The van der Waals surface area contributed by atoms with Gasteiger partial charge in [0.1, 0.15) is 0 Å². The summed E-state index contributed by atoms with van der Waals surface area (Å²) in [7, 11) is 1.53. The molecule has 0 unspecified atom stereocenters. The lowest BCUT2D eigenvalue weighted by Gasteiger charge is -2.08. The summed E-state index contributed by atoms with van der Waals surface area (Å²) in [4.78, 5) is 10.8. The molecular formula is C12H15NO3. The number of nitrogens with two attached hydrogens (primary N) is 1. The monoisotopic (exact) mass is 221 g/mol. The average molecular weight is 221 g/mol. The number of ether oxygens (including phenoxy) is 2. The van der Waals surface area contributed by atoms with E-state index in [0.717, 1.165) is 5.56 Å². The Bertz CT molecular complexity index is 399. The van der Waals surface area contributed by atoms with Crippen LogP contribution in [0.25, 0.3) is 6.08 Å². The maximum Gasteiger partial charge on any atom is 0.308 e. The molecular weight excluding hydrogens is 206 g/mol. The van der Waals surface area contributed by atoms with Crippen LogP contribution in [0, 0.1) is 0 Å². The number of benzene rings is 1. The van der Waals surface area contributed by atoms with Crippen LogP contribution >= 0.6 is 0 Å². The van der Waals surface area contributed by atoms with Gasteiger partial charge in [-0.25, -0.2) is 0 Å². The maximum atomic E-state index is 10.8. The molecule has 0 aliphatic carbocycles. The summed E-state index contributed by atoms with van der Waals surface area (Å²) >= 11 is 0. The third-order valence-electron chi connectivity index (χ3n) is 1.89. The first-order valence-corrected chi connectivity index (χ1v) is 4.90. The third-order valence-corrected chi connectivity index (χ3v) is 1.89. The zero-order chi connectivity index (χ0) is 12.0. The Kier molecular flexibility index (Phi) is 4.54. The van der Waals surface area contributed by atoms with Gasteiger partial charge in [-0.1, -0.05) is 18.2 Å². The second-order valence-corrected chi connectivity index (χ2v) is 3.14. The smallest absolute Gasteiger partial charge is 0.308 e. The van der Waals surface area contributed by atoms with Gasteiger partial charge in [0.05, 0.1) is 7.11 Å². The van der Waals surface area contributed by atoms with Crippen molar-refractivity contribution in [3.05, 3.63) is 29.8 Å². The van der Waals surface area contributed by atoms with E-state index in [0.29, 0.717) is 18.0 Å². The average Bonchev–Trinajstić information content (AvgIpc) is 2.27. The van der Waals surface area contributed by atoms with E-state index in [1.807, 2.05) is 18.2 Å². The minimum atomic E-state index is -0.372. The molecule has 16 heavy (non-hydrogen) atoms. The molecule has 0 bridgehead atoms. The number of carbonyl (C=O) groups excluding carboxylic acids is 1. The highest BCUT2D eigenvalue weighted by atomic mass is 16.6. The van der Waals surface area contributed by atoms with Gasteiger partial charge in [-0.05, 0) is 17.7 Å². The van der Waals surface area contributed by atoms with Gasteiger partial charge in [0.25, 0.3) is 0 Å². The summed E-state index contributed by atoms with van der Waals surface area (Å²) in [5.41, 5.74) is 6.30. The molecule has 1 aromatic carbocycles. The molecule has 0 spiro atoms. The summed E-state index contributed by atoms with van der Waals surface area (Å²) in [6.45, 7) is 1.83. The minimum absolute atomic E-state index is 0.372. The number of hydrogen-bond donors (Lipinski definition) is 1. The van der Waals surface area contributed by atoms with E-state index in [4.69, 9.17) is 15.2 Å². The first kappa shape index (κ1) is 12.3. The van der Waals surface area contributed by atoms with Crippen molar-refractivity contribution in [2.45, 2.75) is 6.92 Å². The van der Waals surface area contributed by atoms with Crippen molar-refractivity contribution in [1.82, 2.24) is 0 Å². The van der Waals surface area contributed by atoms with Crippen LogP contribution in [0.1, 0.15) is 12.5 Å². The molecule has 4 heteroatoms. The summed E-state index contributed by atoms with van der Waals surface area (Å²) in [6.07, 6.45) is 3.71. The first-order chi connectivity index (χ1) is 7.67. The number of hydrogen-bond acceptors (Lipinski definition) is 4. The molecule has 0 amide bonds. The zero-order valence-corrected chi connectivity index (χ0v) is 9.40. The Morgan fingerprint density at radius 1 is 1.44 bits per heavy atom. The SMILES string of the molecule is COc1cc(C=CCN)ccc1OC(C)=O. The molecule has 0 saturated carbocycles. The van der Waals surface area contributed by atoms with E-state index in [1.54, 1.807) is 12.1 Å². The van der Waals surface area contributed by atoms with Crippen molar-refractivity contribution < 1.29 is 14.3 Å². The summed E-state index contributed by atoms with van der Waals surface area (Å²) in [6, 6.07) is 5.30. The van der Waals surface area contributed by atoms with Gasteiger partial charge in [-0.3, -0.25) is 4.79 Å². The molecule has 1 aromatic rings. The van der Waals surface area contributed by atoms with Gasteiger partial charge < -0.3 is 15.2 Å². The predicted octanol–water partition coefficient (Wildman–Crippen LogP) is 1.59. The van der Waals surface area contributed by atoms with Crippen LogP contribution in [0.4, 0.5) is 0 Å². The number of methoxy groups -OCH3 is 1. The van der Waals surface area contributed by atoms with Crippen molar-refractivity contribution in [2.75, 3.05) is 13.7 Å². The molecule has 1 rings (SSSR count). The van der Waals surface area contributed by atoms with Crippen LogP contribution in [-0.4, -0.2) is 19.6 Å². The fourth-order valence-corrected chi connectivity index (χ4v) is 1.23. The van der Waals surface area contributed by atoms with E-state index in [2.05, 4.69) is 0 Å². The van der Waals surface area contributed by atoms with Crippen molar-refractivity contribution in [1.29, 1.82) is 0 Å². The van der Waals surface area contributed by atoms with Crippen LogP contribution in [0.2, 0.25) is 0 Å². The minimum Gasteiger partial charge on any atom is -0.493 e. The molecule has 0 aliphatic heterocycles. The number of rotatable bonds is 4. The maximum absolute atomic E-state index is 10.8. The van der Waals surface area contributed by atoms with Gasteiger partial charge in [0.2, 0.25) is 0 Å². The number of esters is 1. The number of carbonyl (C=O) groups is 1. The molecule has 2 N–H and O–H groups in total. The molecule has 0 fully saturated rings. The highest BCUT2D eigenvalue weighted by Gasteiger charge is 2.06. The molecule has 0 aromatic heterocycles. The standard InChI is InChI=1S/C12H15NO3/c1-9(14)16-11-6-5-10(4-3-7-13)8-12(11)15-2/h3-6,8H,7,13H2,1-2H3. The predicted molar refractivity (Wildman–Crippen MR) is 62.4 cm³/mol. The van der Waals surface area contributed by atoms with Crippen LogP contribution < -0.4 is 15.2 Å². The Balaban J connectivity index is 2.96. The Labute approximate surface area is 94.7 Å². The lowest BCUT2D eigenvalue weighted by molar-refractivity contribution is -0.132. The molecule has 4 nitrogen and oxygen atoms in total. The highest BCUT2D eigenvalue weighted by Crippen LogP contribution is 2.28. The topological polar surface area (TPSA) is 61.6 Å². The van der Waals surface area contributed by atoms with Gasteiger partial charge >= 0.3 is 5.97 Å². The van der Waals surface area contributed by atoms with Crippen molar-refractivity contribution >= 4 is 12.0 Å². The van der Waals surface area contributed by atoms with Crippen LogP contribution in [0.15, 0.2) is 24.3 Å². The van der Waals surface area contributed by atoms with Crippen molar-refractivity contribution in [3.8, 4) is 11.5 Å². The normalized spacial score (nSPS) is 10.4. The molecule has 0 saturated heterocycles. The fraction of sp³-hybridized carbons (Fsp3) is 0.250. The van der Waals surface area contributed by atoms with Gasteiger partial charge in [0, 0.05) is 13.5 Å². The van der Waals surface area contributed by atoms with Crippen LogP contribution in [-0.2, 0) is 4.79 Å².